The highest BCUT2D eigenvalue weighted by molar-refractivity contribution is 6.21. The highest BCUT2D eigenvalue weighted by atomic mass is 14.9. The summed E-state index contributed by atoms with van der Waals surface area (Å²) in [5.74, 6) is 0. The third kappa shape index (κ3) is 6.40. The number of fused-ring (bicyclic) bond motifs is 7. The smallest absolute Gasteiger partial charge is 0.0960 e. The molecule has 0 bridgehead atoms. The first-order valence-corrected chi connectivity index (χ1v) is 22.9. The van der Waals surface area contributed by atoms with Crippen LogP contribution in [0.15, 0.2) is 229 Å². The molecule has 0 spiro atoms. The van der Waals surface area contributed by atoms with Crippen LogP contribution in [0.5, 0.6) is 0 Å². The molecule has 2 aliphatic carbocycles. The predicted octanol–water partition coefficient (Wildman–Crippen LogP) is 14.6. The molecule has 0 radical (unpaired) electrons. The van der Waals surface area contributed by atoms with Crippen LogP contribution in [0.25, 0.3) is 39.3 Å². The van der Waals surface area contributed by atoms with E-state index in [1.165, 1.54) is 61.2 Å². The molecule has 0 fully saturated rings. The van der Waals surface area contributed by atoms with Crippen molar-refractivity contribution in [1.29, 1.82) is 0 Å². The Morgan fingerprint density at radius 1 is 0.606 bits per heavy atom. The van der Waals surface area contributed by atoms with Gasteiger partial charge < -0.3 is 5.32 Å². The maximum absolute atomic E-state index is 5.60. The van der Waals surface area contributed by atoms with E-state index in [1.807, 2.05) is 24.5 Å². The van der Waals surface area contributed by atoms with Crippen LogP contribution in [0.2, 0.25) is 0 Å². The molecule has 4 nitrogen and oxygen atoms in total. The number of aromatic nitrogens is 2. The lowest BCUT2D eigenvalue weighted by Crippen LogP contribution is -2.29. The number of hydrogen-bond acceptors (Lipinski definition) is 4. The van der Waals surface area contributed by atoms with Crippen LogP contribution in [-0.2, 0) is 5.41 Å². The maximum atomic E-state index is 5.60. The topological polar surface area (TPSA) is 50.2 Å². The van der Waals surface area contributed by atoms with E-state index in [0.29, 0.717) is 0 Å². The monoisotopic (exact) mass is 846 g/mol. The highest BCUT2D eigenvalue weighted by Crippen LogP contribution is 2.56. The van der Waals surface area contributed by atoms with E-state index in [2.05, 4.69) is 219 Å². The summed E-state index contributed by atoms with van der Waals surface area (Å²) in [6, 6.07) is 70.2. The molecule has 0 amide bonds. The van der Waals surface area contributed by atoms with Crippen LogP contribution >= 0.6 is 0 Å². The van der Waals surface area contributed by atoms with Gasteiger partial charge in [0.15, 0.2) is 0 Å². The molecular weight excluding hydrogens is 801 g/mol. The molecule has 3 heterocycles. The molecule has 1 aliphatic heterocycles. The van der Waals surface area contributed by atoms with Crippen LogP contribution in [0, 0.1) is 0 Å². The lowest BCUT2D eigenvalue weighted by atomic mass is 9.67. The second kappa shape index (κ2) is 16.1. The minimum atomic E-state index is -0.616. The van der Waals surface area contributed by atoms with Gasteiger partial charge in [0.1, 0.15) is 0 Å². The molecule has 2 atom stereocenters. The number of nitrogens with one attached hydrogen (secondary N) is 1. The van der Waals surface area contributed by atoms with E-state index >= 15 is 0 Å². The first kappa shape index (κ1) is 39.4. The van der Waals surface area contributed by atoms with Crippen LogP contribution in [-0.4, -0.2) is 15.7 Å². The third-order valence-corrected chi connectivity index (χ3v) is 13.9. The Morgan fingerprint density at radius 2 is 1.29 bits per heavy atom. The molecule has 0 saturated heterocycles. The minimum absolute atomic E-state index is 0.117. The number of pyridine rings is 2. The summed E-state index contributed by atoms with van der Waals surface area (Å²) in [5, 5.41) is 5.10. The van der Waals surface area contributed by atoms with Gasteiger partial charge in [-0.3, -0.25) is 15.0 Å². The van der Waals surface area contributed by atoms with Crippen LogP contribution in [0.1, 0.15) is 87.3 Å². The van der Waals surface area contributed by atoms with Crippen molar-refractivity contribution < 1.29 is 0 Å². The molecule has 4 heteroatoms. The van der Waals surface area contributed by atoms with E-state index in [4.69, 9.17) is 15.0 Å². The summed E-state index contributed by atoms with van der Waals surface area (Å²) in [7, 11) is 0. The van der Waals surface area contributed by atoms with Crippen molar-refractivity contribution in [3.05, 3.63) is 286 Å². The van der Waals surface area contributed by atoms with Crippen LogP contribution in [0.3, 0.4) is 0 Å². The second-order valence-corrected chi connectivity index (χ2v) is 17.6. The second-order valence-electron chi connectivity index (χ2n) is 17.6. The minimum Gasteiger partial charge on any atom is -0.372 e. The van der Waals surface area contributed by atoms with E-state index in [1.54, 1.807) is 0 Å². The van der Waals surface area contributed by atoms with Crippen molar-refractivity contribution >= 4 is 39.5 Å². The van der Waals surface area contributed by atoms with E-state index in [-0.39, 0.29) is 12.1 Å². The average molecular weight is 847 g/mol. The molecule has 12 rings (SSSR count). The Labute approximate surface area is 386 Å². The van der Waals surface area contributed by atoms with Crippen molar-refractivity contribution in [1.82, 2.24) is 9.97 Å². The van der Waals surface area contributed by atoms with Gasteiger partial charge in [0, 0.05) is 34.5 Å². The largest absolute Gasteiger partial charge is 0.372 e. The Kier molecular flexibility index (Phi) is 9.61. The zero-order valence-electron chi connectivity index (χ0n) is 36.9. The number of benzene rings is 7. The summed E-state index contributed by atoms with van der Waals surface area (Å²) in [6.45, 7) is 4.41. The number of hydrogen-bond donors (Lipinski definition) is 1. The fraction of sp³-hybridized carbons (Fsp3) is 0.0806. The van der Waals surface area contributed by atoms with Crippen molar-refractivity contribution in [2.45, 2.75) is 31.3 Å². The van der Waals surface area contributed by atoms with Gasteiger partial charge in [-0.15, -0.1) is 0 Å². The van der Waals surface area contributed by atoms with E-state index in [0.717, 1.165) is 50.3 Å². The van der Waals surface area contributed by atoms with Gasteiger partial charge >= 0.3 is 0 Å². The number of rotatable bonds is 7. The molecule has 2 aromatic heterocycles. The van der Waals surface area contributed by atoms with Gasteiger partial charge in [-0.05, 0) is 98.8 Å². The van der Waals surface area contributed by atoms with Crippen molar-refractivity contribution in [2.24, 2.45) is 4.99 Å². The average Bonchev–Trinajstić information content (AvgIpc) is 3.70. The molecule has 3 aliphatic rings. The third-order valence-electron chi connectivity index (χ3n) is 13.9. The summed E-state index contributed by atoms with van der Waals surface area (Å²) in [4.78, 5) is 15.4. The van der Waals surface area contributed by atoms with Crippen molar-refractivity contribution in [2.75, 3.05) is 5.32 Å². The molecule has 0 saturated carbocycles. The SMILES string of the molecule is C/C(=C1/C=Cc2cccnc2/C1=N/C(C)c1cccc(C2(c3cccc(C4C=C(c5ccccc5)c5ccc6cccnc6c5N4)c3)c3ccccc3-c3ccccc32)c1)c1ccccc1. The van der Waals surface area contributed by atoms with Crippen LogP contribution in [0.4, 0.5) is 5.69 Å². The van der Waals surface area contributed by atoms with Gasteiger partial charge in [-0.2, -0.15) is 0 Å². The van der Waals surface area contributed by atoms with Crippen LogP contribution < -0.4 is 5.32 Å². The molecule has 7 aromatic carbocycles. The maximum Gasteiger partial charge on any atom is 0.0960 e. The Balaban J connectivity index is 1.03. The molecule has 2 unspecified atom stereocenters. The number of nitrogens with zero attached hydrogens (tertiary/aromatic N) is 3. The first-order valence-electron chi connectivity index (χ1n) is 22.9. The van der Waals surface area contributed by atoms with Gasteiger partial charge in [-0.25, -0.2) is 0 Å². The molecular formula is C62H46N4. The lowest BCUT2D eigenvalue weighted by Gasteiger charge is -2.35. The number of allylic oxidation sites excluding steroid dienone is 3. The summed E-state index contributed by atoms with van der Waals surface area (Å²) in [6.07, 6.45) is 10.5. The summed E-state index contributed by atoms with van der Waals surface area (Å²) in [5.41, 5.74) is 21.1. The molecule has 314 valence electrons. The van der Waals surface area contributed by atoms with E-state index < -0.39 is 5.41 Å². The summed E-state index contributed by atoms with van der Waals surface area (Å²) < 4.78 is 0. The number of aliphatic imine (C=N–C) groups is 1. The van der Waals surface area contributed by atoms with E-state index in [9.17, 15) is 0 Å². The molecule has 1 N–H and O–H groups in total. The van der Waals surface area contributed by atoms with Crippen molar-refractivity contribution in [3.63, 3.8) is 0 Å². The quantitative estimate of drug-likeness (QED) is 0.174. The zero-order chi connectivity index (χ0) is 44.2. The fourth-order valence-electron chi connectivity index (χ4n) is 10.7. The molecule has 9 aromatic rings. The summed E-state index contributed by atoms with van der Waals surface area (Å²) >= 11 is 0. The lowest BCUT2D eigenvalue weighted by molar-refractivity contribution is 0.753. The predicted molar refractivity (Wildman–Crippen MR) is 273 cm³/mol. The van der Waals surface area contributed by atoms with Crippen molar-refractivity contribution in [3.8, 4) is 11.1 Å². The number of anilines is 1. The Hall–Kier alpha value is -8.21. The van der Waals surface area contributed by atoms with Gasteiger partial charge in [0.05, 0.1) is 40.1 Å². The zero-order valence-corrected chi connectivity index (χ0v) is 36.9. The van der Waals surface area contributed by atoms with Gasteiger partial charge in [0.2, 0.25) is 0 Å². The van der Waals surface area contributed by atoms with Gasteiger partial charge in [-0.1, -0.05) is 194 Å². The normalized spacial score (nSPS) is 17.2. The first-order chi connectivity index (χ1) is 32.6. The standard InChI is InChI=1S/C62H46N4/c1-40(42-17-5-3-6-18-42)50-33-31-44-23-15-35-63-58(44)60(50)65-41(2)46-21-13-25-48(37-46)62(55-29-11-9-27-51(55)52-28-10-12-30-56(52)62)49-26-14-22-47(38-49)57-39-54(43-19-7-4-8-20-43)53-34-32-45-24-16-36-64-59(45)61(53)66-57/h3-39,41,57,66H,1-2H3/b50-40+,65-60+. The Bertz CT molecular complexity index is 3440. The van der Waals surface area contributed by atoms with Gasteiger partial charge in [0.25, 0.3) is 0 Å². The fourth-order valence-corrected chi connectivity index (χ4v) is 10.7. The molecule has 66 heavy (non-hydrogen) atoms. The Morgan fingerprint density at radius 3 is 2.08 bits per heavy atom. The highest BCUT2D eigenvalue weighted by Gasteiger charge is 2.46.